The number of hydrogen-bond acceptors (Lipinski definition) is 4. The number of carbonyl (C=O) groups excluding carboxylic acids is 1. The van der Waals surface area contributed by atoms with Gasteiger partial charge >= 0.3 is 0 Å². The molecular formula is C20H17ClN4OS. The first-order valence-corrected chi connectivity index (χ1v) is 9.81. The maximum absolute atomic E-state index is 12.9. The fourth-order valence-corrected chi connectivity index (χ4v) is 4.05. The van der Waals surface area contributed by atoms with Gasteiger partial charge in [-0.25, -0.2) is 0 Å². The van der Waals surface area contributed by atoms with E-state index in [1.165, 1.54) is 11.8 Å². The maximum Gasteiger partial charge on any atom is 0.196 e. The largest absolute Gasteiger partial charge is 0.358 e. The van der Waals surface area contributed by atoms with Gasteiger partial charge < -0.3 is 4.98 Å². The molecule has 0 spiro atoms. The minimum Gasteiger partial charge on any atom is -0.358 e. The molecule has 7 heteroatoms. The molecule has 4 rings (SSSR count). The number of nitrogens with one attached hydrogen (secondary N) is 1. The molecule has 0 fully saturated rings. The van der Waals surface area contributed by atoms with Gasteiger partial charge in [0.1, 0.15) is 6.33 Å². The summed E-state index contributed by atoms with van der Waals surface area (Å²) in [6.07, 6.45) is 1.63. The molecule has 136 valence electrons. The van der Waals surface area contributed by atoms with E-state index in [0.717, 1.165) is 33.4 Å². The van der Waals surface area contributed by atoms with E-state index in [2.05, 4.69) is 15.2 Å². The van der Waals surface area contributed by atoms with E-state index < -0.39 is 0 Å². The molecule has 27 heavy (non-hydrogen) atoms. The van der Waals surface area contributed by atoms with Crippen LogP contribution in [0, 0.1) is 13.8 Å². The molecule has 2 heterocycles. The Kier molecular flexibility index (Phi) is 4.76. The summed E-state index contributed by atoms with van der Waals surface area (Å²) in [4.78, 5) is 16.1. The summed E-state index contributed by atoms with van der Waals surface area (Å²) in [6, 6.07) is 13.6. The molecule has 0 radical (unpaired) electrons. The lowest BCUT2D eigenvalue weighted by atomic mass is 10.1. The van der Waals surface area contributed by atoms with Crippen molar-refractivity contribution in [3.05, 3.63) is 70.6 Å². The van der Waals surface area contributed by atoms with Crippen LogP contribution in [0.25, 0.3) is 16.6 Å². The van der Waals surface area contributed by atoms with E-state index in [-0.39, 0.29) is 11.5 Å². The predicted octanol–water partition coefficient (Wildman–Crippen LogP) is 4.99. The quantitative estimate of drug-likeness (QED) is 0.381. The highest BCUT2D eigenvalue weighted by Gasteiger charge is 2.17. The second-order valence-corrected chi connectivity index (χ2v) is 7.65. The topological polar surface area (TPSA) is 63.6 Å². The molecule has 0 aliphatic carbocycles. The van der Waals surface area contributed by atoms with Crippen LogP contribution < -0.4 is 0 Å². The van der Waals surface area contributed by atoms with E-state index >= 15 is 0 Å². The second kappa shape index (κ2) is 7.21. The number of fused-ring (bicyclic) bond motifs is 1. The Balaban J connectivity index is 1.57. The minimum atomic E-state index is 0.0615. The van der Waals surface area contributed by atoms with Crippen molar-refractivity contribution in [1.82, 2.24) is 19.7 Å². The monoisotopic (exact) mass is 396 g/mol. The molecule has 5 nitrogen and oxygen atoms in total. The van der Waals surface area contributed by atoms with Crippen molar-refractivity contribution in [3.63, 3.8) is 0 Å². The van der Waals surface area contributed by atoms with Gasteiger partial charge in [0.15, 0.2) is 10.9 Å². The van der Waals surface area contributed by atoms with Gasteiger partial charge in [0, 0.05) is 27.2 Å². The first-order chi connectivity index (χ1) is 13.0. The summed E-state index contributed by atoms with van der Waals surface area (Å²) < 4.78 is 1.84. The maximum atomic E-state index is 12.9. The summed E-state index contributed by atoms with van der Waals surface area (Å²) in [5, 5.41) is 10.4. The third kappa shape index (κ3) is 3.38. The number of benzene rings is 2. The van der Waals surface area contributed by atoms with Crippen molar-refractivity contribution >= 4 is 40.0 Å². The normalized spacial score (nSPS) is 11.2. The SMILES string of the molecule is Cc1ccc(-n2cnnc2SCC(=O)c2c(C)[nH]c3ccccc23)cc1Cl. The second-order valence-electron chi connectivity index (χ2n) is 6.30. The summed E-state index contributed by atoms with van der Waals surface area (Å²) in [7, 11) is 0. The zero-order valence-corrected chi connectivity index (χ0v) is 16.4. The number of para-hydroxylation sites is 1. The average molecular weight is 397 g/mol. The number of aryl methyl sites for hydroxylation is 2. The van der Waals surface area contributed by atoms with Crippen molar-refractivity contribution < 1.29 is 4.79 Å². The number of Topliss-reactive ketones (excluding diaryl/α,β-unsaturated/α-hetero) is 1. The number of rotatable bonds is 5. The van der Waals surface area contributed by atoms with Crippen LogP contribution in [0.15, 0.2) is 53.9 Å². The Morgan fingerprint density at radius 1 is 1.22 bits per heavy atom. The van der Waals surface area contributed by atoms with Gasteiger partial charge in [0.25, 0.3) is 0 Å². The number of nitrogens with zero attached hydrogens (tertiary/aromatic N) is 3. The molecule has 0 saturated heterocycles. The third-order valence-electron chi connectivity index (χ3n) is 4.45. The molecule has 4 aromatic rings. The molecule has 0 bridgehead atoms. The van der Waals surface area contributed by atoms with Gasteiger partial charge in [-0.05, 0) is 37.6 Å². The molecule has 0 aliphatic heterocycles. The highest BCUT2D eigenvalue weighted by Crippen LogP contribution is 2.27. The number of hydrogen-bond donors (Lipinski definition) is 1. The van der Waals surface area contributed by atoms with Gasteiger partial charge in [-0.2, -0.15) is 0 Å². The summed E-state index contributed by atoms with van der Waals surface area (Å²) in [5.74, 6) is 0.340. The van der Waals surface area contributed by atoms with Gasteiger partial charge in [-0.15, -0.1) is 10.2 Å². The summed E-state index contributed by atoms with van der Waals surface area (Å²) >= 11 is 7.60. The Labute approximate surface area is 165 Å². The fourth-order valence-electron chi connectivity index (χ4n) is 3.07. The number of aromatic amines is 1. The van der Waals surface area contributed by atoms with E-state index in [1.807, 2.05) is 60.9 Å². The number of aromatic nitrogens is 4. The van der Waals surface area contributed by atoms with Crippen LogP contribution in [0.4, 0.5) is 0 Å². The van der Waals surface area contributed by atoms with Gasteiger partial charge in [0.2, 0.25) is 0 Å². The summed E-state index contributed by atoms with van der Waals surface area (Å²) in [5.41, 5.74) is 4.47. The first-order valence-electron chi connectivity index (χ1n) is 8.44. The number of H-pyrrole nitrogens is 1. The molecule has 0 saturated carbocycles. The Morgan fingerprint density at radius 2 is 2.04 bits per heavy atom. The van der Waals surface area contributed by atoms with Crippen molar-refractivity contribution in [2.45, 2.75) is 19.0 Å². The molecule has 0 aliphatic rings. The fraction of sp³-hybridized carbons (Fsp3) is 0.150. The lowest BCUT2D eigenvalue weighted by molar-refractivity contribution is 0.102. The molecule has 0 atom stereocenters. The predicted molar refractivity (Wildman–Crippen MR) is 109 cm³/mol. The number of carbonyl (C=O) groups is 1. The van der Waals surface area contributed by atoms with Crippen molar-refractivity contribution in [2.24, 2.45) is 0 Å². The van der Waals surface area contributed by atoms with Crippen LogP contribution in [0.1, 0.15) is 21.6 Å². The molecule has 2 aromatic carbocycles. The van der Waals surface area contributed by atoms with Crippen molar-refractivity contribution in [3.8, 4) is 5.69 Å². The molecule has 0 unspecified atom stereocenters. The van der Waals surface area contributed by atoms with E-state index in [9.17, 15) is 4.79 Å². The van der Waals surface area contributed by atoms with Crippen LogP contribution in [-0.4, -0.2) is 31.3 Å². The van der Waals surface area contributed by atoms with Crippen LogP contribution in [0.2, 0.25) is 5.02 Å². The van der Waals surface area contributed by atoms with Gasteiger partial charge in [-0.3, -0.25) is 9.36 Å². The molecule has 0 amide bonds. The first kappa shape index (κ1) is 17.8. The number of halogens is 1. The van der Waals surface area contributed by atoms with Crippen molar-refractivity contribution in [2.75, 3.05) is 5.75 Å². The average Bonchev–Trinajstić information content (AvgIpc) is 3.25. The number of thioether (sulfide) groups is 1. The molecule has 2 aromatic heterocycles. The lowest BCUT2D eigenvalue weighted by Crippen LogP contribution is -2.05. The van der Waals surface area contributed by atoms with Crippen molar-refractivity contribution in [1.29, 1.82) is 0 Å². The minimum absolute atomic E-state index is 0.0615. The Hall–Kier alpha value is -2.57. The highest BCUT2D eigenvalue weighted by atomic mass is 35.5. The van der Waals surface area contributed by atoms with E-state index in [4.69, 9.17) is 11.6 Å². The molecular weight excluding hydrogens is 380 g/mol. The Morgan fingerprint density at radius 3 is 2.85 bits per heavy atom. The van der Waals surface area contributed by atoms with Crippen LogP contribution >= 0.6 is 23.4 Å². The Bertz CT molecular complexity index is 1150. The number of ketones is 1. The smallest absolute Gasteiger partial charge is 0.196 e. The third-order valence-corrected chi connectivity index (χ3v) is 5.81. The lowest BCUT2D eigenvalue weighted by Gasteiger charge is -2.08. The standard InChI is InChI=1S/C20H17ClN4OS/c1-12-7-8-14(9-16(12)21)25-11-22-24-20(25)27-10-18(26)19-13(2)23-17-6-4-3-5-15(17)19/h3-9,11,23H,10H2,1-2H3. The van der Waals surface area contributed by atoms with Gasteiger partial charge in [0.05, 0.1) is 11.4 Å². The zero-order valence-electron chi connectivity index (χ0n) is 14.9. The molecule has 1 N–H and O–H groups in total. The van der Waals surface area contributed by atoms with Crippen LogP contribution in [0.3, 0.4) is 0 Å². The van der Waals surface area contributed by atoms with Crippen LogP contribution in [0.5, 0.6) is 0 Å². The summed E-state index contributed by atoms with van der Waals surface area (Å²) in [6.45, 7) is 3.88. The highest BCUT2D eigenvalue weighted by molar-refractivity contribution is 7.99. The van der Waals surface area contributed by atoms with E-state index in [1.54, 1.807) is 6.33 Å². The zero-order chi connectivity index (χ0) is 19.0. The van der Waals surface area contributed by atoms with E-state index in [0.29, 0.717) is 10.2 Å². The van der Waals surface area contributed by atoms with Crippen LogP contribution in [-0.2, 0) is 0 Å². The van der Waals surface area contributed by atoms with Gasteiger partial charge in [-0.1, -0.05) is 47.6 Å².